The van der Waals surface area contributed by atoms with Crippen LogP contribution in [0.3, 0.4) is 0 Å². The number of urea groups is 1. The third-order valence-corrected chi connectivity index (χ3v) is 4.28. The summed E-state index contributed by atoms with van der Waals surface area (Å²) in [5, 5.41) is 8.97. The maximum atomic E-state index is 12.5. The van der Waals surface area contributed by atoms with Gasteiger partial charge in [0.1, 0.15) is 0 Å². The van der Waals surface area contributed by atoms with Crippen LogP contribution in [-0.4, -0.2) is 24.2 Å². The van der Waals surface area contributed by atoms with E-state index in [1.807, 2.05) is 0 Å². The van der Waals surface area contributed by atoms with Gasteiger partial charge in [-0.3, -0.25) is 0 Å². The minimum absolute atomic E-state index is 0.119. The predicted octanol–water partition coefficient (Wildman–Crippen LogP) is 3.11. The zero-order valence-electron chi connectivity index (χ0n) is 11.9. The quantitative estimate of drug-likeness (QED) is 0.786. The molecule has 0 aliphatic carbocycles. The molecule has 0 radical (unpaired) electrons. The maximum Gasteiger partial charge on any atom is 0.416 e. The van der Waals surface area contributed by atoms with E-state index in [0.717, 1.165) is 37.8 Å². The Labute approximate surface area is 126 Å². The van der Waals surface area contributed by atoms with Crippen LogP contribution >= 0.6 is 0 Å². The number of piperidine rings is 1. The molecule has 2 amide bonds. The zero-order valence-corrected chi connectivity index (χ0v) is 11.9. The molecule has 2 atom stereocenters. The number of hydrogen-bond acceptors (Lipinski definition) is 2. The number of rotatable bonds is 2. The minimum Gasteiger partial charge on any atom is -0.335 e. The van der Waals surface area contributed by atoms with Gasteiger partial charge in [-0.05, 0) is 49.9 Å². The van der Waals surface area contributed by atoms with Gasteiger partial charge < -0.3 is 16.0 Å². The number of nitrogens with one attached hydrogen (secondary N) is 3. The van der Waals surface area contributed by atoms with Crippen molar-refractivity contribution < 1.29 is 18.0 Å². The van der Waals surface area contributed by atoms with E-state index in [2.05, 4.69) is 16.0 Å². The molecule has 2 fully saturated rings. The Kier molecular flexibility index (Phi) is 3.99. The monoisotopic (exact) mass is 313 g/mol. The molecule has 2 unspecified atom stereocenters. The maximum absolute atomic E-state index is 12.5. The van der Waals surface area contributed by atoms with Crippen molar-refractivity contribution in [2.45, 2.75) is 50.0 Å². The van der Waals surface area contributed by atoms with Crippen LogP contribution in [0, 0.1) is 0 Å². The Balaban J connectivity index is 1.53. The van der Waals surface area contributed by atoms with Crippen molar-refractivity contribution in [3.63, 3.8) is 0 Å². The van der Waals surface area contributed by atoms with Crippen molar-refractivity contribution in [3.05, 3.63) is 29.8 Å². The van der Waals surface area contributed by atoms with E-state index in [1.54, 1.807) is 0 Å². The van der Waals surface area contributed by atoms with Gasteiger partial charge in [0, 0.05) is 23.8 Å². The van der Waals surface area contributed by atoms with Crippen molar-refractivity contribution in [2.24, 2.45) is 0 Å². The van der Waals surface area contributed by atoms with E-state index >= 15 is 0 Å². The molecule has 22 heavy (non-hydrogen) atoms. The second kappa shape index (κ2) is 5.79. The van der Waals surface area contributed by atoms with E-state index in [1.165, 1.54) is 12.1 Å². The summed E-state index contributed by atoms with van der Waals surface area (Å²) in [7, 11) is 0. The van der Waals surface area contributed by atoms with Crippen molar-refractivity contribution in [2.75, 3.05) is 5.32 Å². The summed E-state index contributed by atoms with van der Waals surface area (Å²) in [6.07, 6.45) is -0.282. The van der Waals surface area contributed by atoms with Crippen LogP contribution in [0.15, 0.2) is 24.3 Å². The number of amides is 2. The lowest BCUT2D eigenvalue weighted by Gasteiger charge is -2.29. The topological polar surface area (TPSA) is 53.2 Å². The van der Waals surface area contributed by atoms with Gasteiger partial charge in [-0.15, -0.1) is 0 Å². The summed E-state index contributed by atoms with van der Waals surface area (Å²) in [6, 6.07) is 5.12. The molecule has 3 N–H and O–H groups in total. The number of benzene rings is 1. The van der Waals surface area contributed by atoms with Crippen LogP contribution in [0.1, 0.15) is 31.2 Å². The first-order valence-corrected chi connectivity index (χ1v) is 7.41. The van der Waals surface area contributed by atoms with Crippen molar-refractivity contribution in [1.29, 1.82) is 0 Å². The first-order chi connectivity index (χ1) is 10.4. The van der Waals surface area contributed by atoms with Crippen molar-refractivity contribution in [3.8, 4) is 0 Å². The summed E-state index contributed by atoms with van der Waals surface area (Å²) in [4.78, 5) is 11.9. The Morgan fingerprint density at radius 3 is 2.23 bits per heavy atom. The van der Waals surface area contributed by atoms with Crippen LogP contribution in [0.5, 0.6) is 0 Å². The summed E-state index contributed by atoms with van der Waals surface area (Å²) >= 11 is 0. The Hall–Kier alpha value is -1.76. The number of alkyl halides is 3. The zero-order chi connectivity index (χ0) is 15.7. The van der Waals surface area contributed by atoms with Gasteiger partial charge in [0.25, 0.3) is 0 Å². The smallest absolute Gasteiger partial charge is 0.335 e. The average Bonchev–Trinajstić information content (AvgIpc) is 2.77. The molecule has 1 aromatic rings. The first kappa shape index (κ1) is 15.1. The lowest BCUT2D eigenvalue weighted by molar-refractivity contribution is -0.137. The standard InChI is InChI=1S/C15H18F3N3O/c16-15(17,18)9-1-3-10(4-2-9)20-14(22)21-13-7-11-5-6-12(8-13)19-11/h1-4,11-13,19H,5-8H2,(H2,20,21,22). The molecule has 4 nitrogen and oxygen atoms in total. The van der Waals surface area contributed by atoms with Gasteiger partial charge >= 0.3 is 12.2 Å². The van der Waals surface area contributed by atoms with Crippen molar-refractivity contribution in [1.82, 2.24) is 10.6 Å². The molecule has 0 spiro atoms. The normalized spacial score (nSPS) is 27.5. The number of hydrogen-bond donors (Lipinski definition) is 3. The van der Waals surface area contributed by atoms with E-state index < -0.39 is 11.7 Å². The van der Waals surface area contributed by atoms with Gasteiger partial charge in [0.15, 0.2) is 0 Å². The molecule has 1 aromatic carbocycles. The van der Waals surface area contributed by atoms with Gasteiger partial charge in [-0.25, -0.2) is 4.79 Å². The van der Waals surface area contributed by atoms with Gasteiger partial charge in [0.05, 0.1) is 5.56 Å². The second-order valence-electron chi connectivity index (χ2n) is 5.98. The third-order valence-electron chi connectivity index (χ3n) is 4.28. The SMILES string of the molecule is O=C(Nc1ccc(C(F)(F)F)cc1)NC1CC2CCC(C1)N2. The lowest BCUT2D eigenvalue weighted by Crippen LogP contribution is -2.49. The molecule has 0 saturated carbocycles. The molecule has 0 aromatic heterocycles. The molecule has 2 aliphatic heterocycles. The average molecular weight is 313 g/mol. The fourth-order valence-corrected chi connectivity index (χ4v) is 3.27. The van der Waals surface area contributed by atoms with E-state index in [4.69, 9.17) is 0 Å². The van der Waals surface area contributed by atoms with Crippen LogP contribution in [0.2, 0.25) is 0 Å². The van der Waals surface area contributed by atoms with Gasteiger partial charge in [0.2, 0.25) is 0 Å². The first-order valence-electron chi connectivity index (χ1n) is 7.41. The fourth-order valence-electron chi connectivity index (χ4n) is 3.27. The molecule has 2 bridgehead atoms. The predicted molar refractivity (Wildman–Crippen MR) is 76.6 cm³/mol. The summed E-state index contributed by atoms with van der Waals surface area (Å²) in [5.74, 6) is 0. The highest BCUT2D eigenvalue weighted by Gasteiger charge is 2.34. The van der Waals surface area contributed by atoms with E-state index in [-0.39, 0.29) is 12.1 Å². The third kappa shape index (κ3) is 3.52. The highest BCUT2D eigenvalue weighted by molar-refractivity contribution is 5.89. The highest BCUT2D eigenvalue weighted by atomic mass is 19.4. The lowest BCUT2D eigenvalue weighted by atomic mass is 10.0. The Morgan fingerprint density at radius 2 is 1.68 bits per heavy atom. The summed E-state index contributed by atoms with van der Waals surface area (Å²) in [6.45, 7) is 0. The van der Waals surface area contributed by atoms with Crippen LogP contribution in [-0.2, 0) is 6.18 Å². The molecular formula is C15H18F3N3O. The van der Waals surface area contributed by atoms with Crippen LogP contribution < -0.4 is 16.0 Å². The molecule has 3 rings (SSSR count). The Bertz CT molecular complexity index is 532. The van der Waals surface area contributed by atoms with Gasteiger partial charge in [-0.2, -0.15) is 13.2 Å². The molecule has 120 valence electrons. The fraction of sp³-hybridized carbons (Fsp3) is 0.533. The Morgan fingerprint density at radius 1 is 1.09 bits per heavy atom. The van der Waals surface area contributed by atoms with Crippen LogP contribution in [0.4, 0.5) is 23.7 Å². The number of anilines is 1. The molecule has 2 heterocycles. The van der Waals surface area contributed by atoms with Crippen LogP contribution in [0.25, 0.3) is 0 Å². The molecule has 7 heteroatoms. The number of carbonyl (C=O) groups is 1. The molecule has 2 aliphatic rings. The second-order valence-corrected chi connectivity index (χ2v) is 5.98. The number of carbonyl (C=O) groups excluding carboxylic acids is 1. The van der Waals surface area contributed by atoms with E-state index in [9.17, 15) is 18.0 Å². The molecular weight excluding hydrogens is 295 g/mol. The minimum atomic E-state index is -4.37. The molecule has 2 saturated heterocycles. The number of halogens is 3. The van der Waals surface area contributed by atoms with Crippen molar-refractivity contribution >= 4 is 11.7 Å². The largest absolute Gasteiger partial charge is 0.416 e. The highest BCUT2D eigenvalue weighted by Crippen LogP contribution is 2.30. The summed E-state index contributed by atoms with van der Waals surface area (Å²) < 4.78 is 37.4. The summed E-state index contributed by atoms with van der Waals surface area (Å²) in [5.41, 5.74) is -0.379. The number of fused-ring (bicyclic) bond motifs is 2. The van der Waals surface area contributed by atoms with E-state index in [0.29, 0.717) is 17.8 Å². The van der Waals surface area contributed by atoms with Gasteiger partial charge in [-0.1, -0.05) is 0 Å².